The van der Waals surface area contributed by atoms with Gasteiger partial charge in [-0.1, -0.05) is 20.3 Å². The quantitative estimate of drug-likeness (QED) is 0.810. The molecule has 0 aliphatic carbocycles. The van der Waals surface area contributed by atoms with Crippen LogP contribution < -0.4 is 4.90 Å². The number of unbranched alkanes of at least 4 members (excludes halogenated alkanes) is 1. The van der Waals surface area contributed by atoms with Crippen molar-refractivity contribution in [3.8, 4) is 0 Å². The third-order valence-electron chi connectivity index (χ3n) is 4.44. The van der Waals surface area contributed by atoms with Crippen LogP contribution in [-0.4, -0.2) is 47.0 Å². The van der Waals surface area contributed by atoms with E-state index >= 15 is 0 Å². The van der Waals surface area contributed by atoms with Crippen molar-refractivity contribution in [3.63, 3.8) is 0 Å². The second-order valence-corrected chi connectivity index (χ2v) is 6.09. The van der Waals surface area contributed by atoms with Gasteiger partial charge >= 0.3 is 0 Å². The van der Waals surface area contributed by atoms with Gasteiger partial charge in [0, 0.05) is 26.2 Å². The lowest BCUT2D eigenvalue weighted by Crippen LogP contribution is -2.39. The zero-order valence-electron chi connectivity index (χ0n) is 14.1. The summed E-state index contributed by atoms with van der Waals surface area (Å²) >= 11 is 0. The molecule has 5 nitrogen and oxygen atoms in total. The molecule has 0 radical (unpaired) electrons. The molecule has 0 N–H and O–H groups in total. The number of carbonyl (C=O) groups excluding carboxylic acids is 1. The molecule has 1 aromatic rings. The first-order valence-electron chi connectivity index (χ1n) is 8.51. The first kappa shape index (κ1) is 16.7. The minimum atomic E-state index is -0.0433. The largest absolute Gasteiger partial charge is 0.352 e. The topological polar surface area (TPSA) is 49.3 Å². The first-order valence-corrected chi connectivity index (χ1v) is 8.51. The van der Waals surface area contributed by atoms with Gasteiger partial charge in [-0.25, -0.2) is 9.97 Å². The van der Waals surface area contributed by atoms with Crippen molar-refractivity contribution in [2.45, 2.75) is 58.4 Å². The van der Waals surface area contributed by atoms with Gasteiger partial charge < -0.3 is 9.80 Å². The smallest absolute Gasteiger partial charge is 0.273 e. The minimum absolute atomic E-state index is 0.0433. The molecule has 1 saturated heterocycles. The van der Waals surface area contributed by atoms with E-state index in [0.717, 1.165) is 38.2 Å². The summed E-state index contributed by atoms with van der Waals surface area (Å²) in [6.07, 6.45) is 10.3. The van der Waals surface area contributed by atoms with Gasteiger partial charge in [-0.05, 0) is 32.1 Å². The van der Waals surface area contributed by atoms with E-state index in [1.165, 1.54) is 19.3 Å². The Morgan fingerprint density at radius 1 is 1.32 bits per heavy atom. The number of piperidine rings is 1. The first-order chi connectivity index (χ1) is 10.7. The van der Waals surface area contributed by atoms with Crippen LogP contribution in [0.25, 0.3) is 0 Å². The number of carbonyl (C=O) groups is 1. The molecule has 1 aliphatic rings. The maximum absolute atomic E-state index is 12.3. The van der Waals surface area contributed by atoms with E-state index < -0.39 is 0 Å². The maximum Gasteiger partial charge on any atom is 0.273 e. The summed E-state index contributed by atoms with van der Waals surface area (Å²) in [6, 6.07) is 0.553. The Labute approximate surface area is 133 Å². The maximum atomic E-state index is 12.3. The van der Waals surface area contributed by atoms with Gasteiger partial charge in [0.15, 0.2) is 0 Å². The average Bonchev–Trinajstić information content (AvgIpc) is 2.59. The molecule has 0 saturated carbocycles. The van der Waals surface area contributed by atoms with Crippen molar-refractivity contribution in [1.82, 2.24) is 14.9 Å². The van der Waals surface area contributed by atoms with E-state index in [4.69, 9.17) is 0 Å². The molecular weight excluding hydrogens is 276 g/mol. The van der Waals surface area contributed by atoms with Gasteiger partial charge in [0.2, 0.25) is 0 Å². The van der Waals surface area contributed by atoms with E-state index in [2.05, 4.69) is 28.7 Å². The zero-order chi connectivity index (χ0) is 15.9. The summed E-state index contributed by atoms with van der Waals surface area (Å²) in [5, 5.41) is 0. The highest BCUT2D eigenvalue weighted by atomic mass is 16.2. The van der Waals surface area contributed by atoms with Crippen molar-refractivity contribution in [3.05, 3.63) is 18.1 Å². The Bertz CT molecular complexity index is 474. The van der Waals surface area contributed by atoms with E-state index in [-0.39, 0.29) is 5.91 Å². The number of anilines is 1. The van der Waals surface area contributed by atoms with Crippen molar-refractivity contribution < 1.29 is 4.79 Å². The fourth-order valence-corrected chi connectivity index (χ4v) is 3.00. The van der Waals surface area contributed by atoms with Crippen LogP contribution in [0.3, 0.4) is 0 Å². The summed E-state index contributed by atoms with van der Waals surface area (Å²) in [4.78, 5) is 25.2. The summed E-state index contributed by atoms with van der Waals surface area (Å²) < 4.78 is 0. The van der Waals surface area contributed by atoms with Crippen molar-refractivity contribution in [1.29, 1.82) is 0 Å². The fraction of sp³-hybridized carbons (Fsp3) is 0.706. The summed E-state index contributed by atoms with van der Waals surface area (Å²) in [6.45, 7) is 6.15. The summed E-state index contributed by atoms with van der Waals surface area (Å²) in [5.41, 5.74) is 0.437. The number of aromatic nitrogens is 2. The van der Waals surface area contributed by atoms with Crippen LogP contribution in [0.5, 0.6) is 0 Å². The van der Waals surface area contributed by atoms with E-state index in [0.29, 0.717) is 11.7 Å². The number of nitrogens with zero attached hydrogens (tertiary/aromatic N) is 4. The predicted octanol–water partition coefficient (Wildman–Crippen LogP) is 3.12. The van der Waals surface area contributed by atoms with Crippen LogP contribution in [0.1, 0.15) is 62.9 Å². The molecule has 0 aromatic carbocycles. The lowest BCUT2D eigenvalue weighted by Gasteiger charge is -2.36. The van der Waals surface area contributed by atoms with Crippen LogP contribution in [0.2, 0.25) is 0 Å². The Morgan fingerprint density at radius 2 is 2.14 bits per heavy atom. The lowest BCUT2D eigenvalue weighted by molar-refractivity contribution is 0.0787. The van der Waals surface area contributed by atoms with E-state index in [9.17, 15) is 4.79 Å². The Morgan fingerprint density at radius 3 is 2.77 bits per heavy atom. The van der Waals surface area contributed by atoms with Gasteiger partial charge in [0.25, 0.3) is 5.91 Å². The standard InChI is InChI=1S/C17H28N4O/c1-4-6-10-20(3)17(22)15-12-19-16(13-18-15)21-11-8-7-9-14(21)5-2/h12-14H,4-11H2,1-3H3. The monoisotopic (exact) mass is 304 g/mol. The molecule has 0 spiro atoms. The van der Waals surface area contributed by atoms with Gasteiger partial charge in [-0.3, -0.25) is 4.79 Å². The molecule has 1 aromatic heterocycles. The predicted molar refractivity (Wildman–Crippen MR) is 89.2 cm³/mol. The number of amides is 1. The van der Waals surface area contributed by atoms with Crippen molar-refractivity contribution >= 4 is 11.7 Å². The number of hydrogen-bond donors (Lipinski definition) is 0. The zero-order valence-corrected chi connectivity index (χ0v) is 14.1. The highest BCUT2D eigenvalue weighted by Crippen LogP contribution is 2.24. The second-order valence-electron chi connectivity index (χ2n) is 6.09. The minimum Gasteiger partial charge on any atom is -0.352 e. The molecular formula is C17H28N4O. The second kappa shape index (κ2) is 8.11. The third kappa shape index (κ3) is 3.96. The highest BCUT2D eigenvalue weighted by molar-refractivity contribution is 5.91. The van der Waals surface area contributed by atoms with Crippen LogP contribution >= 0.6 is 0 Å². The molecule has 1 amide bonds. The summed E-state index contributed by atoms with van der Waals surface area (Å²) in [7, 11) is 1.82. The average molecular weight is 304 g/mol. The van der Waals surface area contributed by atoms with Gasteiger partial charge in [-0.15, -0.1) is 0 Å². The van der Waals surface area contributed by atoms with Crippen LogP contribution in [0.15, 0.2) is 12.4 Å². The molecule has 1 fully saturated rings. The number of rotatable bonds is 6. The van der Waals surface area contributed by atoms with Crippen molar-refractivity contribution in [2.24, 2.45) is 0 Å². The van der Waals surface area contributed by atoms with Crippen LogP contribution in [-0.2, 0) is 0 Å². The Balaban J connectivity index is 2.04. The lowest BCUT2D eigenvalue weighted by atomic mass is 10.0. The van der Waals surface area contributed by atoms with Crippen molar-refractivity contribution in [2.75, 3.05) is 25.0 Å². The molecule has 2 rings (SSSR count). The normalized spacial score (nSPS) is 18.3. The fourth-order valence-electron chi connectivity index (χ4n) is 3.00. The number of hydrogen-bond acceptors (Lipinski definition) is 4. The molecule has 22 heavy (non-hydrogen) atoms. The molecule has 2 heterocycles. The highest BCUT2D eigenvalue weighted by Gasteiger charge is 2.22. The molecule has 1 atom stereocenters. The summed E-state index contributed by atoms with van der Waals surface area (Å²) in [5.74, 6) is 0.859. The molecule has 1 aliphatic heterocycles. The van der Waals surface area contributed by atoms with Crippen LogP contribution in [0, 0.1) is 0 Å². The molecule has 5 heteroatoms. The third-order valence-corrected chi connectivity index (χ3v) is 4.44. The Kier molecular flexibility index (Phi) is 6.16. The molecule has 0 bridgehead atoms. The van der Waals surface area contributed by atoms with Gasteiger partial charge in [0.05, 0.1) is 12.4 Å². The van der Waals surface area contributed by atoms with Gasteiger partial charge in [0.1, 0.15) is 11.5 Å². The molecule has 122 valence electrons. The van der Waals surface area contributed by atoms with Crippen LogP contribution in [0.4, 0.5) is 5.82 Å². The van der Waals surface area contributed by atoms with E-state index in [1.807, 2.05) is 7.05 Å². The molecule has 1 unspecified atom stereocenters. The van der Waals surface area contributed by atoms with Gasteiger partial charge in [-0.2, -0.15) is 0 Å². The SMILES string of the molecule is CCCCN(C)C(=O)c1cnc(N2CCCCC2CC)cn1. The Hall–Kier alpha value is -1.65. The van der Waals surface area contributed by atoms with E-state index in [1.54, 1.807) is 17.3 Å².